The van der Waals surface area contributed by atoms with Gasteiger partial charge in [-0.2, -0.15) is 0 Å². The molecule has 0 saturated carbocycles. The Bertz CT molecular complexity index is 546. The summed E-state index contributed by atoms with van der Waals surface area (Å²) in [5.74, 6) is 0.439. The minimum atomic E-state index is 0.365. The third-order valence-electron chi connectivity index (χ3n) is 6.59. The Morgan fingerprint density at radius 2 is 0.868 bits per heavy atom. The maximum Gasteiger partial charge on any atom is 0.0431 e. The van der Waals surface area contributed by atoms with Crippen molar-refractivity contribution in [2.24, 2.45) is 0 Å². The number of rotatable bonds is 22. The topological polar surface area (TPSA) is 40.5 Å². The molecule has 0 aliphatic rings. The van der Waals surface area contributed by atoms with Gasteiger partial charge in [0.25, 0.3) is 0 Å². The molecule has 0 unspecified atom stereocenters. The molecular weight excluding hydrogens is 464 g/mol. The van der Waals surface area contributed by atoms with E-state index >= 15 is 0 Å². The summed E-state index contributed by atoms with van der Waals surface area (Å²) in [7, 11) is 0. The summed E-state index contributed by atoms with van der Waals surface area (Å²) in [6.07, 6.45) is 33.4. The molecule has 0 atom stereocenters. The van der Waals surface area contributed by atoms with E-state index in [2.05, 4.69) is 82.3 Å². The molecule has 1 rings (SSSR count). The fourth-order valence-corrected chi connectivity index (χ4v) is 4.08. The first-order valence-corrected chi connectivity index (χ1v) is 16.3. The van der Waals surface area contributed by atoms with E-state index in [0.717, 1.165) is 12.8 Å². The molecule has 2 N–H and O–H groups in total. The van der Waals surface area contributed by atoms with Crippen LogP contribution in [0, 0.1) is 0 Å². The number of aliphatic hydroxyl groups is 2. The predicted molar refractivity (Wildman–Crippen MR) is 172 cm³/mol. The zero-order valence-electron chi connectivity index (χ0n) is 26.0. The first-order valence-electron chi connectivity index (χ1n) is 16.3. The lowest BCUT2D eigenvalue weighted by Gasteiger charge is -2.08. The van der Waals surface area contributed by atoms with Crippen molar-refractivity contribution in [1.29, 1.82) is 0 Å². The number of unbranched alkanes of at least 4 members (excludes halogenated alkanes) is 15. The molecule has 0 aromatic heterocycles. The average molecular weight is 531 g/mol. The summed E-state index contributed by atoms with van der Waals surface area (Å²) in [6, 6.07) is 10.8. The van der Waals surface area contributed by atoms with Gasteiger partial charge in [-0.05, 0) is 44.1 Å². The fraction of sp³-hybridized carbons (Fsp3) is 0.722. The predicted octanol–water partition coefficient (Wildman–Crippen LogP) is 11.3. The molecule has 2 nitrogen and oxygen atoms in total. The minimum Gasteiger partial charge on any atom is -0.396 e. The number of hydrogen-bond acceptors (Lipinski definition) is 2. The van der Waals surface area contributed by atoms with Crippen LogP contribution in [0.3, 0.4) is 0 Å². The molecule has 0 aliphatic heterocycles. The van der Waals surface area contributed by atoms with Crippen LogP contribution >= 0.6 is 0 Å². The van der Waals surface area contributed by atoms with Crippen molar-refractivity contribution in [2.45, 2.75) is 156 Å². The van der Waals surface area contributed by atoms with Crippen LogP contribution in [-0.4, -0.2) is 23.4 Å². The molecule has 0 saturated heterocycles. The maximum atomic E-state index is 8.42. The van der Waals surface area contributed by atoms with Gasteiger partial charge in [-0.3, -0.25) is 0 Å². The number of aliphatic hydroxyl groups excluding tert-OH is 2. The highest BCUT2D eigenvalue weighted by Crippen LogP contribution is 2.20. The average Bonchev–Trinajstić information content (AvgIpc) is 2.95. The summed E-state index contributed by atoms with van der Waals surface area (Å²) in [5.41, 5.74) is 1.40. The zero-order valence-corrected chi connectivity index (χ0v) is 26.0. The van der Waals surface area contributed by atoms with Crippen LogP contribution in [0.2, 0.25) is 0 Å². The van der Waals surface area contributed by atoms with Crippen molar-refractivity contribution in [3.8, 4) is 0 Å². The Labute approximate surface area is 239 Å². The first-order chi connectivity index (χ1) is 18.7. The van der Waals surface area contributed by atoms with E-state index < -0.39 is 0 Å². The second kappa shape index (κ2) is 35.6. The Morgan fingerprint density at radius 3 is 1.26 bits per heavy atom. The summed E-state index contributed by atoms with van der Waals surface area (Å²) in [5, 5.41) is 16.8. The van der Waals surface area contributed by atoms with Crippen molar-refractivity contribution in [2.75, 3.05) is 13.2 Å². The SMILES string of the molecule is CCCCCC=CC(C=CCCCCC)c1ccccc1.CCCCCCCCO.CCCCCCCO. The van der Waals surface area contributed by atoms with Gasteiger partial charge in [0, 0.05) is 19.1 Å². The van der Waals surface area contributed by atoms with Crippen LogP contribution in [0.5, 0.6) is 0 Å². The van der Waals surface area contributed by atoms with E-state index in [9.17, 15) is 0 Å². The van der Waals surface area contributed by atoms with Gasteiger partial charge in [-0.15, -0.1) is 0 Å². The molecule has 0 heterocycles. The molecule has 0 radical (unpaired) electrons. The molecule has 0 bridgehead atoms. The molecule has 1 aromatic carbocycles. The smallest absolute Gasteiger partial charge is 0.0431 e. The lowest BCUT2D eigenvalue weighted by molar-refractivity contribution is 0.282. The van der Waals surface area contributed by atoms with Crippen molar-refractivity contribution in [3.63, 3.8) is 0 Å². The van der Waals surface area contributed by atoms with Gasteiger partial charge in [0.05, 0.1) is 0 Å². The van der Waals surface area contributed by atoms with Crippen LogP contribution in [0.25, 0.3) is 0 Å². The van der Waals surface area contributed by atoms with Crippen LogP contribution < -0.4 is 0 Å². The lowest BCUT2D eigenvalue weighted by Crippen LogP contribution is -1.90. The van der Waals surface area contributed by atoms with Gasteiger partial charge in [-0.25, -0.2) is 0 Å². The van der Waals surface area contributed by atoms with Gasteiger partial charge in [0.15, 0.2) is 0 Å². The Morgan fingerprint density at radius 1 is 0.500 bits per heavy atom. The summed E-state index contributed by atoms with van der Waals surface area (Å²) in [6.45, 7) is 9.66. The van der Waals surface area contributed by atoms with Gasteiger partial charge in [-0.1, -0.05) is 166 Å². The van der Waals surface area contributed by atoms with E-state index in [0.29, 0.717) is 19.1 Å². The Hall–Kier alpha value is -1.38. The van der Waals surface area contributed by atoms with Crippen molar-refractivity contribution >= 4 is 0 Å². The normalized spacial score (nSPS) is 11.7. The van der Waals surface area contributed by atoms with E-state index in [-0.39, 0.29) is 0 Å². The molecule has 1 aromatic rings. The highest BCUT2D eigenvalue weighted by Gasteiger charge is 2.02. The Balaban J connectivity index is 0. The first kappa shape index (κ1) is 38.8. The monoisotopic (exact) mass is 531 g/mol. The standard InChI is InChI=1S/C21H32.C8H18O.C7H16O/c1-3-5-7-9-12-16-20(17-13-10-8-6-4-2)21-18-14-11-15-19-21;1-2-3-4-5-6-7-8-9;1-2-3-4-5-6-7-8/h11-20H,3-10H2,1-2H3;9H,2-8H2,1H3;8H,2-7H2,1H3. The zero-order chi connectivity index (χ0) is 28.4. The molecule has 0 spiro atoms. The van der Waals surface area contributed by atoms with Gasteiger partial charge in [0.2, 0.25) is 0 Å². The van der Waals surface area contributed by atoms with Crippen molar-refractivity contribution in [3.05, 3.63) is 60.2 Å². The van der Waals surface area contributed by atoms with E-state index in [1.54, 1.807) is 0 Å². The third kappa shape index (κ3) is 30.8. The van der Waals surface area contributed by atoms with Crippen molar-refractivity contribution in [1.82, 2.24) is 0 Å². The van der Waals surface area contributed by atoms with E-state index in [1.165, 1.54) is 115 Å². The van der Waals surface area contributed by atoms with Gasteiger partial charge >= 0.3 is 0 Å². The minimum absolute atomic E-state index is 0.365. The van der Waals surface area contributed by atoms with Crippen molar-refractivity contribution < 1.29 is 10.2 Å². The molecule has 0 amide bonds. The third-order valence-corrected chi connectivity index (χ3v) is 6.59. The van der Waals surface area contributed by atoms with E-state index in [1.807, 2.05) is 0 Å². The van der Waals surface area contributed by atoms with Gasteiger partial charge < -0.3 is 10.2 Å². The largest absolute Gasteiger partial charge is 0.396 e. The molecule has 0 aliphatic carbocycles. The summed E-state index contributed by atoms with van der Waals surface area (Å²) >= 11 is 0. The fourth-order valence-electron chi connectivity index (χ4n) is 4.08. The molecule has 0 fully saturated rings. The molecule has 222 valence electrons. The highest BCUT2D eigenvalue weighted by molar-refractivity contribution is 5.28. The van der Waals surface area contributed by atoms with Crippen LogP contribution in [0.4, 0.5) is 0 Å². The maximum absolute atomic E-state index is 8.42. The van der Waals surface area contributed by atoms with Crippen LogP contribution in [0.15, 0.2) is 54.6 Å². The Kier molecular flexibility index (Phi) is 36.3. The summed E-state index contributed by atoms with van der Waals surface area (Å²) in [4.78, 5) is 0. The quantitative estimate of drug-likeness (QED) is 0.116. The highest BCUT2D eigenvalue weighted by atomic mass is 16.3. The second-order valence-electron chi connectivity index (χ2n) is 10.4. The van der Waals surface area contributed by atoms with Crippen LogP contribution in [0.1, 0.15) is 161 Å². The molecule has 2 heteroatoms. The van der Waals surface area contributed by atoms with E-state index in [4.69, 9.17) is 10.2 Å². The van der Waals surface area contributed by atoms with Gasteiger partial charge in [0.1, 0.15) is 0 Å². The number of benzene rings is 1. The van der Waals surface area contributed by atoms with Crippen LogP contribution in [-0.2, 0) is 0 Å². The molecular formula is C36H66O2. The molecule has 38 heavy (non-hydrogen) atoms. The second-order valence-corrected chi connectivity index (χ2v) is 10.4. The number of allylic oxidation sites excluding steroid dienone is 4. The lowest BCUT2D eigenvalue weighted by atomic mass is 9.97. The number of hydrogen-bond donors (Lipinski definition) is 2. The summed E-state index contributed by atoms with van der Waals surface area (Å²) < 4.78 is 0.